The largest absolute Gasteiger partial charge is 0.322 e. The SMILES string of the molecule is Cc1ccc(C)n1NC1CCN(C(C)C)C1. The molecule has 1 unspecified atom stereocenters. The summed E-state index contributed by atoms with van der Waals surface area (Å²) in [4.78, 5) is 2.53. The van der Waals surface area contributed by atoms with Gasteiger partial charge in [0, 0.05) is 30.5 Å². The van der Waals surface area contributed by atoms with Crippen LogP contribution in [0.25, 0.3) is 0 Å². The van der Waals surface area contributed by atoms with Crippen LogP contribution in [0.4, 0.5) is 0 Å². The lowest BCUT2D eigenvalue weighted by Crippen LogP contribution is -2.34. The summed E-state index contributed by atoms with van der Waals surface area (Å²) in [5.74, 6) is 0. The third-order valence-corrected chi connectivity index (χ3v) is 3.53. The highest BCUT2D eigenvalue weighted by molar-refractivity contribution is 5.16. The summed E-state index contributed by atoms with van der Waals surface area (Å²) in [6.45, 7) is 11.2. The Bertz CT molecular complexity index is 335. The van der Waals surface area contributed by atoms with Gasteiger partial charge in [0.25, 0.3) is 0 Å². The number of hydrogen-bond donors (Lipinski definition) is 1. The topological polar surface area (TPSA) is 20.2 Å². The molecule has 0 amide bonds. The number of nitrogens with one attached hydrogen (secondary N) is 1. The second-order valence-corrected chi connectivity index (χ2v) is 5.15. The number of hydrogen-bond acceptors (Lipinski definition) is 2. The summed E-state index contributed by atoms with van der Waals surface area (Å²) in [5.41, 5.74) is 6.20. The number of likely N-dealkylation sites (tertiary alicyclic amines) is 1. The van der Waals surface area contributed by atoms with E-state index in [-0.39, 0.29) is 0 Å². The van der Waals surface area contributed by atoms with E-state index in [9.17, 15) is 0 Å². The van der Waals surface area contributed by atoms with Crippen molar-refractivity contribution in [1.29, 1.82) is 0 Å². The third-order valence-electron chi connectivity index (χ3n) is 3.53. The Balaban J connectivity index is 1.97. The van der Waals surface area contributed by atoms with Crippen LogP contribution in [-0.4, -0.2) is 34.7 Å². The Labute approximate surface area is 98.4 Å². The molecule has 0 aliphatic carbocycles. The molecular formula is C13H23N3. The highest BCUT2D eigenvalue weighted by atomic mass is 15.4. The van der Waals surface area contributed by atoms with Crippen molar-refractivity contribution in [1.82, 2.24) is 9.58 Å². The fourth-order valence-corrected chi connectivity index (χ4v) is 2.42. The van der Waals surface area contributed by atoms with E-state index in [0.717, 1.165) is 6.54 Å². The predicted octanol–water partition coefficient (Wildman–Crippen LogP) is 2.13. The molecule has 0 saturated carbocycles. The van der Waals surface area contributed by atoms with Crippen LogP contribution in [0.2, 0.25) is 0 Å². The molecule has 1 aromatic heterocycles. The first kappa shape index (κ1) is 11.5. The minimum Gasteiger partial charge on any atom is -0.322 e. The van der Waals surface area contributed by atoms with Gasteiger partial charge in [-0.25, -0.2) is 0 Å². The number of rotatable bonds is 3. The van der Waals surface area contributed by atoms with Crippen LogP contribution in [0.15, 0.2) is 12.1 Å². The molecule has 3 nitrogen and oxygen atoms in total. The zero-order valence-electron chi connectivity index (χ0n) is 10.8. The standard InChI is InChI=1S/C13H23N3/c1-10(2)15-8-7-13(9-15)14-16-11(3)5-6-12(16)4/h5-6,10,13-14H,7-9H2,1-4H3. The Hall–Kier alpha value is -0.960. The number of nitrogens with zero attached hydrogens (tertiary/aromatic N) is 2. The maximum absolute atomic E-state index is 3.62. The minimum absolute atomic E-state index is 0.590. The molecule has 0 radical (unpaired) electrons. The van der Waals surface area contributed by atoms with Gasteiger partial charge in [0.1, 0.15) is 0 Å². The van der Waals surface area contributed by atoms with Crippen LogP contribution >= 0.6 is 0 Å². The maximum atomic E-state index is 3.62. The van der Waals surface area contributed by atoms with Gasteiger partial charge in [0.2, 0.25) is 0 Å². The lowest BCUT2D eigenvalue weighted by Gasteiger charge is -2.22. The van der Waals surface area contributed by atoms with Crippen LogP contribution in [0, 0.1) is 13.8 Å². The zero-order chi connectivity index (χ0) is 11.7. The molecule has 90 valence electrons. The van der Waals surface area contributed by atoms with Gasteiger partial charge < -0.3 is 5.43 Å². The monoisotopic (exact) mass is 221 g/mol. The molecule has 1 saturated heterocycles. The molecule has 1 aliphatic rings. The van der Waals surface area contributed by atoms with Gasteiger partial charge in [-0.15, -0.1) is 0 Å². The Morgan fingerprint density at radius 1 is 1.25 bits per heavy atom. The molecule has 1 aliphatic heterocycles. The van der Waals surface area contributed by atoms with E-state index < -0.39 is 0 Å². The highest BCUT2D eigenvalue weighted by Gasteiger charge is 2.24. The molecule has 2 rings (SSSR count). The van der Waals surface area contributed by atoms with E-state index >= 15 is 0 Å². The van der Waals surface area contributed by atoms with Gasteiger partial charge in [-0.2, -0.15) is 0 Å². The van der Waals surface area contributed by atoms with Gasteiger partial charge >= 0.3 is 0 Å². The molecule has 0 bridgehead atoms. The molecule has 3 heteroatoms. The van der Waals surface area contributed by atoms with E-state index in [1.165, 1.54) is 24.4 Å². The van der Waals surface area contributed by atoms with Gasteiger partial charge in [-0.05, 0) is 46.2 Å². The van der Waals surface area contributed by atoms with Crippen molar-refractivity contribution >= 4 is 0 Å². The van der Waals surface area contributed by atoms with Crippen molar-refractivity contribution in [2.75, 3.05) is 18.5 Å². The predicted molar refractivity (Wildman–Crippen MR) is 68.4 cm³/mol. The van der Waals surface area contributed by atoms with Crippen molar-refractivity contribution in [3.05, 3.63) is 23.5 Å². The summed E-state index contributed by atoms with van der Waals surface area (Å²) in [5, 5.41) is 0. The molecule has 1 N–H and O–H groups in total. The Morgan fingerprint density at radius 2 is 1.88 bits per heavy atom. The first-order valence-corrected chi connectivity index (χ1v) is 6.23. The molecule has 16 heavy (non-hydrogen) atoms. The van der Waals surface area contributed by atoms with Crippen molar-refractivity contribution in [3.63, 3.8) is 0 Å². The summed E-state index contributed by atoms with van der Waals surface area (Å²) in [6.07, 6.45) is 1.25. The lowest BCUT2D eigenvalue weighted by atomic mass is 10.3. The fraction of sp³-hybridized carbons (Fsp3) is 0.692. The van der Waals surface area contributed by atoms with Gasteiger partial charge in [-0.3, -0.25) is 9.58 Å². The van der Waals surface area contributed by atoms with Gasteiger partial charge in [-0.1, -0.05) is 0 Å². The van der Waals surface area contributed by atoms with E-state index in [1.807, 2.05) is 0 Å². The molecule has 0 spiro atoms. The fourth-order valence-electron chi connectivity index (χ4n) is 2.42. The molecule has 1 aromatic rings. The van der Waals surface area contributed by atoms with Crippen LogP contribution in [0.5, 0.6) is 0 Å². The van der Waals surface area contributed by atoms with Crippen molar-refractivity contribution in [2.24, 2.45) is 0 Å². The van der Waals surface area contributed by atoms with E-state index in [1.54, 1.807) is 0 Å². The van der Waals surface area contributed by atoms with Crippen molar-refractivity contribution < 1.29 is 0 Å². The first-order valence-electron chi connectivity index (χ1n) is 6.23. The quantitative estimate of drug-likeness (QED) is 0.844. The van der Waals surface area contributed by atoms with Gasteiger partial charge in [0.05, 0.1) is 6.04 Å². The minimum atomic E-state index is 0.590. The Morgan fingerprint density at radius 3 is 2.38 bits per heavy atom. The molecule has 2 heterocycles. The summed E-state index contributed by atoms with van der Waals surface area (Å²) >= 11 is 0. The molecule has 0 aromatic carbocycles. The van der Waals surface area contributed by atoms with E-state index in [0.29, 0.717) is 12.1 Å². The van der Waals surface area contributed by atoms with Gasteiger partial charge in [0.15, 0.2) is 0 Å². The lowest BCUT2D eigenvalue weighted by molar-refractivity contribution is 0.273. The highest BCUT2D eigenvalue weighted by Crippen LogP contribution is 2.14. The third kappa shape index (κ3) is 2.24. The maximum Gasteiger partial charge on any atom is 0.0563 e. The molecular weight excluding hydrogens is 198 g/mol. The smallest absolute Gasteiger partial charge is 0.0563 e. The molecule has 1 atom stereocenters. The average molecular weight is 221 g/mol. The summed E-state index contributed by atoms with van der Waals surface area (Å²) < 4.78 is 2.22. The van der Waals surface area contributed by atoms with Crippen molar-refractivity contribution in [2.45, 2.75) is 46.2 Å². The number of aromatic nitrogens is 1. The van der Waals surface area contributed by atoms with Crippen molar-refractivity contribution in [3.8, 4) is 0 Å². The van der Waals surface area contributed by atoms with E-state index in [4.69, 9.17) is 0 Å². The Kier molecular flexibility index (Phi) is 3.24. The normalized spacial score (nSPS) is 21.9. The molecule has 1 fully saturated rings. The average Bonchev–Trinajstić information content (AvgIpc) is 2.80. The van der Waals surface area contributed by atoms with Crippen LogP contribution in [0.1, 0.15) is 31.7 Å². The number of aryl methyl sites for hydroxylation is 2. The van der Waals surface area contributed by atoms with Crippen LogP contribution < -0.4 is 5.43 Å². The second kappa shape index (κ2) is 4.50. The van der Waals surface area contributed by atoms with Crippen LogP contribution in [0.3, 0.4) is 0 Å². The summed E-state index contributed by atoms with van der Waals surface area (Å²) in [6, 6.07) is 5.58. The van der Waals surface area contributed by atoms with Crippen LogP contribution in [-0.2, 0) is 0 Å². The first-order chi connectivity index (χ1) is 7.58. The summed E-state index contributed by atoms with van der Waals surface area (Å²) in [7, 11) is 0. The van der Waals surface area contributed by atoms with E-state index in [2.05, 4.69) is 54.8 Å². The zero-order valence-corrected chi connectivity index (χ0v) is 10.8. The second-order valence-electron chi connectivity index (χ2n) is 5.15.